The second-order valence-corrected chi connectivity index (χ2v) is 7.45. The van der Waals surface area contributed by atoms with Gasteiger partial charge >= 0.3 is 0 Å². The van der Waals surface area contributed by atoms with Crippen LogP contribution in [0, 0.1) is 20.8 Å². The average molecular weight is 351 g/mol. The Labute approximate surface area is 152 Å². The first kappa shape index (κ1) is 17.4. The number of hydrogen-bond acceptors (Lipinski definition) is 4. The zero-order chi connectivity index (χ0) is 18.0. The minimum absolute atomic E-state index is 0.0308. The number of amides is 1. The molecule has 4 nitrogen and oxygen atoms in total. The third kappa shape index (κ3) is 3.82. The Morgan fingerprint density at radius 1 is 0.960 bits per heavy atom. The molecule has 0 saturated carbocycles. The third-order valence-electron chi connectivity index (χ3n) is 4.09. The fourth-order valence-corrected chi connectivity index (χ4v) is 3.51. The lowest BCUT2D eigenvalue weighted by molar-refractivity contribution is -0.115. The van der Waals surface area contributed by atoms with Crippen LogP contribution in [0.15, 0.2) is 47.5 Å². The molecule has 25 heavy (non-hydrogen) atoms. The van der Waals surface area contributed by atoms with Crippen LogP contribution in [-0.4, -0.2) is 21.1 Å². The molecule has 0 radical (unpaired) electrons. The minimum atomic E-state index is -0.270. The van der Waals surface area contributed by atoms with E-state index in [0.717, 1.165) is 38.6 Å². The molecule has 128 valence electrons. The number of carbonyl (C=O) groups is 1. The van der Waals surface area contributed by atoms with E-state index in [1.54, 1.807) is 0 Å². The lowest BCUT2D eigenvalue weighted by atomic mass is 10.1. The maximum Gasteiger partial charge on any atom is 0.237 e. The summed E-state index contributed by atoms with van der Waals surface area (Å²) in [5.41, 5.74) is 5.58. The quantitative estimate of drug-likeness (QED) is 0.694. The van der Waals surface area contributed by atoms with Crippen molar-refractivity contribution in [3.63, 3.8) is 0 Å². The predicted molar refractivity (Wildman–Crippen MR) is 104 cm³/mol. The van der Waals surface area contributed by atoms with Gasteiger partial charge in [-0.1, -0.05) is 42.1 Å². The average Bonchev–Trinajstić information content (AvgIpc) is 2.58. The standard InChI is InChI=1S/C20H21N3OS/c1-12-8-7-9-13(2)18(12)23-19(24)15(4)25-20-14(3)21-16-10-5-6-11-17(16)22-20/h5-11,15H,1-4H3,(H,23,24). The van der Waals surface area contributed by atoms with Crippen molar-refractivity contribution in [2.45, 2.75) is 38.0 Å². The summed E-state index contributed by atoms with van der Waals surface area (Å²) in [4.78, 5) is 21.9. The Bertz CT molecular complexity index is 919. The number of hydrogen-bond donors (Lipinski definition) is 1. The Morgan fingerprint density at radius 2 is 1.56 bits per heavy atom. The first-order valence-corrected chi connectivity index (χ1v) is 9.11. The fourth-order valence-electron chi connectivity index (χ4n) is 2.64. The molecule has 0 bridgehead atoms. The summed E-state index contributed by atoms with van der Waals surface area (Å²) in [5, 5.41) is 3.57. The van der Waals surface area contributed by atoms with E-state index in [2.05, 4.69) is 15.3 Å². The van der Waals surface area contributed by atoms with Gasteiger partial charge in [0.1, 0.15) is 5.03 Å². The summed E-state index contributed by atoms with van der Waals surface area (Å²) in [6.07, 6.45) is 0. The molecule has 1 heterocycles. The van der Waals surface area contributed by atoms with Gasteiger partial charge < -0.3 is 5.32 Å². The normalized spacial score (nSPS) is 12.2. The number of nitrogens with one attached hydrogen (secondary N) is 1. The highest BCUT2D eigenvalue weighted by molar-refractivity contribution is 8.00. The molecule has 1 aromatic heterocycles. The number of anilines is 1. The molecule has 3 rings (SSSR count). The van der Waals surface area contributed by atoms with Crippen LogP contribution < -0.4 is 5.32 Å². The molecule has 0 fully saturated rings. The van der Waals surface area contributed by atoms with Crippen molar-refractivity contribution in [1.29, 1.82) is 0 Å². The summed E-state index contributed by atoms with van der Waals surface area (Å²) in [7, 11) is 0. The van der Waals surface area contributed by atoms with E-state index in [9.17, 15) is 4.79 Å². The van der Waals surface area contributed by atoms with Crippen molar-refractivity contribution in [2.75, 3.05) is 5.32 Å². The highest BCUT2D eigenvalue weighted by Crippen LogP contribution is 2.27. The molecule has 5 heteroatoms. The highest BCUT2D eigenvalue weighted by Gasteiger charge is 2.18. The fraction of sp³-hybridized carbons (Fsp3) is 0.250. The van der Waals surface area contributed by atoms with Gasteiger partial charge in [0.15, 0.2) is 0 Å². The first-order valence-electron chi connectivity index (χ1n) is 8.23. The Hall–Kier alpha value is -2.40. The number of aryl methyl sites for hydroxylation is 3. The molecular weight excluding hydrogens is 330 g/mol. The van der Waals surface area contributed by atoms with E-state index in [0.29, 0.717) is 0 Å². The van der Waals surface area contributed by atoms with Gasteiger partial charge in [0.25, 0.3) is 0 Å². The van der Waals surface area contributed by atoms with Crippen molar-refractivity contribution in [1.82, 2.24) is 9.97 Å². The van der Waals surface area contributed by atoms with E-state index in [1.165, 1.54) is 11.8 Å². The summed E-state index contributed by atoms with van der Waals surface area (Å²) >= 11 is 1.44. The van der Waals surface area contributed by atoms with Gasteiger partial charge in [-0.25, -0.2) is 9.97 Å². The molecule has 0 aliphatic carbocycles. The smallest absolute Gasteiger partial charge is 0.237 e. The van der Waals surface area contributed by atoms with Crippen LogP contribution in [0.4, 0.5) is 5.69 Å². The zero-order valence-electron chi connectivity index (χ0n) is 14.8. The molecule has 3 aromatic rings. The molecule has 1 unspecified atom stereocenters. The van der Waals surface area contributed by atoms with Crippen LogP contribution in [0.3, 0.4) is 0 Å². The van der Waals surface area contributed by atoms with Crippen LogP contribution >= 0.6 is 11.8 Å². The van der Waals surface area contributed by atoms with E-state index >= 15 is 0 Å². The first-order chi connectivity index (χ1) is 12.0. The molecule has 0 aliphatic heterocycles. The highest BCUT2D eigenvalue weighted by atomic mass is 32.2. The van der Waals surface area contributed by atoms with Crippen molar-refractivity contribution in [2.24, 2.45) is 0 Å². The molecule has 2 aromatic carbocycles. The SMILES string of the molecule is Cc1cccc(C)c1NC(=O)C(C)Sc1nc2ccccc2nc1C. The van der Waals surface area contributed by atoms with Crippen molar-refractivity contribution < 1.29 is 4.79 Å². The second kappa shape index (κ2) is 7.23. The Balaban J connectivity index is 1.79. The van der Waals surface area contributed by atoms with Crippen LogP contribution in [-0.2, 0) is 4.79 Å². The van der Waals surface area contributed by atoms with Crippen LogP contribution in [0.25, 0.3) is 11.0 Å². The Morgan fingerprint density at radius 3 is 2.20 bits per heavy atom. The van der Waals surface area contributed by atoms with Gasteiger partial charge in [0.05, 0.1) is 22.0 Å². The topological polar surface area (TPSA) is 54.9 Å². The van der Waals surface area contributed by atoms with Gasteiger partial charge in [-0.2, -0.15) is 0 Å². The van der Waals surface area contributed by atoms with E-state index < -0.39 is 0 Å². The third-order valence-corrected chi connectivity index (χ3v) is 5.27. The summed E-state index contributed by atoms with van der Waals surface area (Å²) in [6, 6.07) is 13.8. The number of aromatic nitrogens is 2. The zero-order valence-corrected chi connectivity index (χ0v) is 15.6. The van der Waals surface area contributed by atoms with E-state index in [-0.39, 0.29) is 11.2 Å². The number of fused-ring (bicyclic) bond motifs is 1. The number of thioether (sulfide) groups is 1. The molecule has 0 spiro atoms. The second-order valence-electron chi connectivity index (χ2n) is 6.12. The summed E-state index contributed by atoms with van der Waals surface area (Å²) in [6.45, 7) is 7.82. The number of para-hydroxylation sites is 3. The van der Waals surface area contributed by atoms with Crippen LogP contribution in [0.5, 0.6) is 0 Å². The number of rotatable bonds is 4. The largest absolute Gasteiger partial charge is 0.325 e. The van der Waals surface area contributed by atoms with E-state index in [1.807, 2.05) is 70.2 Å². The maximum absolute atomic E-state index is 12.6. The van der Waals surface area contributed by atoms with Crippen molar-refractivity contribution in [3.8, 4) is 0 Å². The Kier molecular flexibility index (Phi) is 5.04. The lowest BCUT2D eigenvalue weighted by Crippen LogP contribution is -2.23. The van der Waals surface area contributed by atoms with Gasteiger partial charge in [0, 0.05) is 5.69 Å². The lowest BCUT2D eigenvalue weighted by Gasteiger charge is -2.16. The monoisotopic (exact) mass is 351 g/mol. The summed E-state index contributed by atoms with van der Waals surface area (Å²) in [5.74, 6) is -0.0308. The van der Waals surface area contributed by atoms with Gasteiger partial charge in [-0.15, -0.1) is 0 Å². The molecule has 1 amide bonds. The number of carbonyl (C=O) groups excluding carboxylic acids is 1. The predicted octanol–water partition coefficient (Wildman–Crippen LogP) is 4.67. The van der Waals surface area contributed by atoms with E-state index in [4.69, 9.17) is 0 Å². The minimum Gasteiger partial charge on any atom is -0.325 e. The van der Waals surface area contributed by atoms with Gasteiger partial charge in [0.2, 0.25) is 5.91 Å². The molecule has 1 atom stereocenters. The van der Waals surface area contributed by atoms with Gasteiger partial charge in [-0.05, 0) is 51.0 Å². The van der Waals surface area contributed by atoms with Crippen molar-refractivity contribution in [3.05, 3.63) is 59.3 Å². The molecule has 1 N–H and O–H groups in total. The molecule has 0 saturated heterocycles. The van der Waals surface area contributed by atoms with Crippen molar-refractivity contribution >= 4 is 34.4 Å². The number of benzene rings is 2. The van der Waals surface area contributed by atoms with Crippen LogP contribution in [0.1, 0.15) is 23.7 Å². The van der Waals surface area contributed by atoms with Crippen LogP contribution in [0.2, 0.25) is 0 Å². The number of nitrogens with zero attached hydrogens (tertiary/aromatic N) is 2. The van der Waals surface area contributed by atoms with Gasteiger partial charge in [-0.3, -0.25) is 4.79 Å². The molecule has 0 aliphatic rings. The maximum atomic E-state index is 12.6. The molecular formula is C20H21N3OS. The summed E-state index contributed by atoms with van der Waals surface area (Å²) < 4.78 is 0.